The van der Waals surface area contributed by atoms with E-state index in [1.165, 1.54) is 11.3 Å². The molecule has 1 aromatic carbocycles. The normalized spacial score (nSPS) is 15.5. The SMILES string of the molecule is Cc1nc(C)c(C(=O)NC2=Nc3cc(O)ccc3C3=NCCN23)s1. The van der Waals surface area contributed by atoms with E-state index < -0.39 is 0 Å². The number of aliphatic imine (C=N–C) groups is 2. The number of phenolic OH excluding ortho intramolecular Hbond substituents is 1. The highest BCUT2D eigenvalue weighted by Crippen LogP contribution is 2.31. The molecule has 2 aliphatic heterocycles. The van der Waals surface area contributed by atoms with E-state index in [4.69, 9.17) is 0 Å². The van der Waals surface area contributed by atoms with E-state index in [0.717, 1.165) is 16.4 Å². The first-order valence-corrected chi connectivity index (χ1v) is 8.34. The average molecular weight is 341 g/mol. The van der Waals surface area contributed by atoms with Gasteiger partial charge < -0.3 is 5.11 Å². The lowest BCUT2D eigenvalue weighted by atomic mass is 10.1. The minimum Gasteiger partial charge on any atom is -0.508 e. The van der Waals surface area contributed by atoms with Crippen LogP contribution in [0.15, 0.2) is 28.2 Å². The molecule has 0 fully saturated rings. The van der Waals surface area contributed by atoms with E-state index in [1.807, 2.05) is 18.7 Å². The third kappa shape index (κ3) is 2.35. The number of aryl methyl sites for hydroxylation is 2. The van der Waals surface area contributed by atoms with Crippen molar-refractivity contribution in [1.82, 2.24) is 15.2 Å². The Morgan fingerprint density at radius 3 is 2.96 bits per heavy atom. The number of hydrogen-bond acceptors (Lipinski definition) is 7. The number of fused-ring (bicyclic) bond motifs is 3. The number of guanidine groups is 1. The molecule has 122 valence electrons. The number of carbonyl (C=O) groups is 1. The molecule has 0 saturated heterocycles. The van der Waals surface area contributed by atoms with Crippen LogP contribution in [0.2, 0.25) is 0 Å². The number of phenols is 1. The summed E-state index contributed by atoms with van der Waals surface area (Å²) in [6, 6.07) is 4.97. The van der Waals surface area contributed by atoms with Gasteiger partial charge >= 0.3 is 0 Å². The van der Waals surface area contributed by atoms with Crippen LogP contribution in [0.5, 0.6) is 5.75 Å². The van der Waals surface area contributed by atoms with Crippen molar-refractivity contribution < 1.29 is 9.90 Å². The second-order valence-electron chi connectivity index (χ2n) is 5.60. The summed E-state index contributed by atoms with van der Waals surface area (Å²) in [5.41, 5.74) is 2.16. The van der Waals surface area contributed by atoms with Crippen LogP contribution in [0.4, 0.5) is 5.69 Å². The molecule has 3 heterocycles. The Kier molecular flexibility index (Phi) is 3.34. The number of rotatable bonds is 1. The highest BCUT2D eigenvalue weighted by atomic mass is 32.1. The van der Waals surface area contributed by atoms with Gasteiger partial charge in [-0.05, 0) is 26.0 Å². The number of amides is 1. The largest absolute Gasteiger partial charge is 0.508 e. The molecular formula is C16H15N5O2S. The topological polar surface area (TPSA) is 90.2 Å². The van der Waals surface area contributed by atoms with Gasteiger partial charge in [0, 0.05) is 18.2 Å². The van der Waals surface area contributed by atoms with Crippen LogP contribution in [0.25, 0.3) is 0 Å². The number of thiazole rings is 1. The number of nitrogens with one attached hydrogen (secondary N) is 1. The monoisotopic (exact) mass is 341 g/mol. The van der Waals surface area contributed by atoms with Crippen LogP contribution >= 0.6 is 11.3 Å². The fraction of sp³-hybridized carbons (Fsp3) is 0.250. The molecule has 0 aliphatic carbocycles. The molecule has 0 unspecified atom stereocenters. The summed E-state index contributed by atoms with van der Waals surface area (Å²) in [5.74, 6) is 1.10. The fourth-order valence-electron chi connectivity index (χ4n) is 2.86. The Balaban J connectivity index is 1.71. The molecule has 2 aliphatic rings. The van der Waals surface area contributed by atoms with Crippen molar-refractivity contribution >= 4 is 34.7 Å². The number of amidine groups is 1. The molecule has 8 heteroatoms. The second-order valence-corrected chi connectivity index (χ2v) is 6.80. The average Bonchev–Trinajstić information content (AvgIpc) is 3.13. The van der Waals surface area contributed by atoms with Gasteiger partial charge in [0.05, 0.1) is 22.9 Å². The van der Waals surface area contributed by atoms with E-state index >= 15 is 0 Å². The molecular weight excluding hydrogens is 326 g/mol. The Morgan fingerprint density at radius 2 is 2.21 bits per heavy atom. The number of hydrogen-bond donors (Lipinski definition) is 2. The molecule has 24 heavy (non-hydrogen) atoms. The van der Waals surface area contributed by atoms with Gasteiger partial charge in [-0.3, -0.25) is 20.0 Å². The number of nitrogens with zero attached hydrogens (tertiary/aromatic N) is 4. The van der Waals surface area contributed by atoms with Crippen molar-refractivity contribution in [3.05, 3.63) is 39.3 Å². The summed E-state index contributed by atoms with van der Waals surface area (Å²) >= 11 is 1.36. The Bertz CT molecular complexity index is 915. The molecule has 2 N–H and O–H groups in total. The summed E-state index contributed by atoms with van der Waals surface area (Å²) in [6.07, 6.45) is 0. The summed E-state index contributed by atoms with van der Waals surface area (Å²) in [4.78, 5) is 28.3. The Labute approximate surface area is 142 Å². The molecule has 0 atom stereocenters. The number of aromatic nitrogens is 1. The molecule has 0 radical (unpaired) electrons. The first-order valence-electron chi connectivity index (χ1n) is 7.52. The van der Waals surface area contributed by atoms with Crippen molar-refractivity contribution in [2.45, 2.75) is 13.8 Å². The molecule has 2 aromatic rings. The van der Waals surface area contributed by atoms with Gasteiger partial charge in [-0.1, -0.05) is 0 Å². The zero-order chi connectivity index (χ0) is 16.8. The van der Waals surface area contributed by atoms with Gasteiger partial charge in [0.25, 0.3) is 5.91 Å². The zero-order valence-corrected chi connectivity index (χ0v) is 14.0. The lowest BCUT2D eigenvalue weighted by molar-refractivity contribution is 0.0977. The predicted molar refractivity (Wildman–Crippen MR) is 92.4 cm³/mol. The Morgan fingerprint density at radius 1 is 1.38 bits per heavy atom. The maximum Gasteiger partial charge on any atom is 0.269 e. The standard InChI is InChI=1S/C16H15N5O2S/c1-8-13(24-9(2)18-8)15(23)20-16-19-12-7-10(22)3-4-11(12)14-17-5-6-21(14)16/h3-4,7,22H,5-6H2,1-2H3,(H,19,20,23). The van der Waals surface area contributed by atoms with Gasteiger partial charge in [0.1, 0.15) is 16.5 Å². The van der Waals surface area contributed by atoms with E-state index in [-0.39, 0.29) is 11.7 Å². The van der Waals surface area contributed by atoms with E-state index in [9.17, 15) is 9.90 Å². The van der Waals surface area contributed by atoms with Crippen LogP contribution in [0.1, 0.15) is 25.9 Å². The van der Waals surface area contributed by atoms with Crippen LogP contribution in [-0.4, -0.2) is 45.8 Å². The lowest BCUT2D eigenvalue weighted by Crippen LogP contribution is -2.47. The Hall–Kier alpha value is -2.74. The summed E-state index contributed by atoms with van der Waals surface area (Å²) in [5, 5.41) is 13.4. The predicted octanol–water partition coefficient (Wildman–Crippen LogP) is 1.96. The summed E-state index contributed by atoms with van der Waals surface area (Å²) < 4.78 is 0. The second kappa shape index (κ2) is 5.41. The lowest BCUT2D eigenvalue weighted by Gasteiger charge is -2.27. The molecule has 0 spiro atoms. The smallest absolute Gasteiger partial charge is 0.269 e. The maximum absolute atomic E-state index is 12.6. The third-order valence-corrected chi connectivity index (χ3v) is 4.95. The first-order chi connectivity index (χ1) is 11.5. The van der Waals surface area contributed by atoms with E-state index in [0.29, 0.717) is 35.3 Å². The highest BCUT2D eigenvalue weighted by Gasteiger charge is 2.31. The van der Waals surface area contributed by atoms with Crippen molar-refractivity contribution in [3.8, 4) is 5.75 Å². The van der Waals surface area contributed by atoms with E-state index in [1.54, 1.807) is 18.2 Å². The molecule has 0 saturated carbocycles. The number of benzene rings is 1. The van der Waals surface area contributed by atoms with Crippen LogP contribution in [0.3, 0.4) is 0 Å². The van der Waals surface area contributed by atoms with Gasteiger partial charge in [-0.15, -0.1) is 11.3 Å². The van der Waals surface area contributed by atoms with Gasteiger partial charge in [-0.2, -0.15) is 0 Å². The van der Waals surface area contributed by atoms with Crippen LogP contribution < -0.4 is 5.32 Å². The zero-order valence-electron chi connectivity index (χ0n) is 13.2. The van der Waals surface area contributed by atoms with Crippen LogP contribution in [-0.2, 0) is 0 Å². The van der Waals surface area contributed by atoms with Crippen molar-refractivity contribution in [2.24, 2.45) is 9.98 Å². The van der Waals surface area contributed by atoms with Crippen molar-refractivity contribution in [2.75, 3.05) is 13.1 Å². The van der Waals surface area contributed by atoms with Gasteiger partial charge in [0.2, 0.25) is 5.96 Å². The van der Waals surface area contributed by atoms with Crippen molar-refractivity contribution in [3.63, 3.8) is 0 Å². The maximum atomic E-state index is 12.6. The quantitative estimate of drug-likeness (QED) is 0.830. The molecule has 4 rings (SSSR count). The van der Waals surface area contributed by atoms with Crippen LogP contribution in [0, 0.1) is 13.8 Å². The van der Waals surface area contributed by atoms with Crippen molar-refractivity contribution in [1.29, 1.82) is 0 Å². The molecule has 0 bridgehead atoms. The fourth-order valence-corrected chi connectivity index (χ4v) is 3.67. The summed E-state index contributed by atoms with van der Waals surface area (Å²) in [6.45, 7) is 4.99. The third-order valence-electron chi connectivity index (χ3n) is 3.88. The van der Waals surface area contributed by atoms with Gasteiger partial charge in [-0.25, -0.2) is 9.98 Å². The van der Waals surface area contributed by atoms with E-state index in [2.05, 4.69) is 20.3 Å². The highest BCUT2D eigenvalue weighted by molar-refractivity contribution is 7.13. The minimum absolute atomic E-state index is 0.129. The molecule has 1 amide bonds. The van der Waals surface area contributed by atoms with Gasteiger partial charge in [0.15, 0.2) is 0 Å². The molecule has 1 aromatic heterocycles. The minimum atomic E-state index is -0.230. The molecule has 7 nitrogen and oxygen atoms in total. The first kappa shape index (κ1) is 14.8. The number of aromatic hydroxyl groups is 1. The summed E-state index contributed by atoms with van der Waals surface area (Å²) in [7, 11) is 0. The number of carbonyl (C=O) groups excluding carboxylic acids is 1.